The Morgan fingerprint density at radius 1 is 1.07 bits per heavy atom. The SMILES string of the molecule is O=[N+]([O-])C[C@@H](c1cc(Br)ccc1OCc1cccc(F)c1)c1c[nH]c2ccccc12. The summed E-state index contributed by atoms with van der Waals surface area (Å²) < 4.78 is 20.3. The van der Waals surface area contributed by atoms with Gasteiger partial charge < -0.3 is 9.72 Å². The highest BCUT2D eigenvalue weighted by molar-refractivity contribution is 9.10. The molecule has 30 heavy (non-hydrogen) atoms. The molecule has 0 aliphatic carbocycles. The highest BCUT2D eigenvalue weighted by Gasteiger charge is 2.26. The van der Waals surface area contributed by atoms with Crippen LogP contribution in [0.15, 0.2) is 77.4 Å². The third-order valence-electron chi connectivity index (χ3n) is 4.96. The number of ether oxygens (including phenoxy) is 1. The van der Waals surface area contributed by atoms with Gasteiger partial charge in [-0.3, -0.25) is 10.1 Å². The standard InChI is InChI=1S/C23H18BrFN2O3/c24-16-8-9-23(30-14-15-4-3-5-17(25)10-15)19(11-16)21(13-27(28)29)20-12-26-22-7-2-1-6-18(20)22/h1-12,21,26H,13-14H2/t21-/m0/s1. The lowest BCUT2D eigenvalue weighted by Crippen LogP contribution is -2.15. The Morgan fingerprint density at radius 3 is 2.70 bits per heavy atom. The average molecular weight is 469 g/mol. The first-order chi connectivity index (χ1) is 14.5. The Balaban J connectivity index is 1.75. The first-order valence-electron chi connectivity index (χ1n) is 9.36. The molecule has 0 spiro atoms. The first-order valence-corrected chi connectivity index (χ1v) is 10.1. The number of aromatic nitrogens is 1. The van der Waals surface area contributed by atoms with E-state index in [0.29, 0.717) is 16.9 Å². The summed E-state index contributed by atoms with van der Waals surface area (Å²) in [5, 5.41) is 12.5. The van der Waals surface area contributed by atoms with Gasteiger partial charge in [0.05, 0.1) is 5.92 Å². The third kappa shape index (κ3) is 4.36. The summed E-state index contributed by atoms with van der Waals surface area (Å²) in [6.07, 6.45) is 1.82. The number of para-hydroxylation sites is 1. The van der Waals surface area contributed by atoms with Crippen LogP contribution in [0.1, 0.15) is 22.6 Å². The number of nitro groups is 1. The molecule has 5 nitrogen and oxygen atoms in total. The van der Waals surface area contributed by atoms with Gasteiger partial charge in [-0.1, -0.05) is 46.3 Å². The number of fused-ring (bicyclic) bond motifs is 1. The van der Waals surface area contributed by atoms with E-state index in [0.717, 1.165) is 20.9 Å². The van der Waals surface area contributed by atoms with Crippen molar-refractivity contribution in [3.05, 3.63) is 110 Å². The van der Waals surface area contributed by atoms with Crippen molar-refractivity contribution in [1.29, 1.82) is 0 Å². The van der Waals surface area contributed by atoms with Crippen molar-refractivity contribution in [2.24, 2.45) is 0 Å². The molecule has 4 aromatic rings. The van der Waals surface area contributed by atoms with Gasteiger partial charge in [0.25, 0.3) is 0 Å². The van der Waals surface area contributed by atoms with Gasteiger partial charge in [0.1, 0.15) is 18.2 Å². The van der Waals surface area contributed by atoms with Crippen molar-refractivity contribution < 1.29 is 14.1 Å². The molecular formula is C23H18BrFN2O3. The van der Waals surface area contributed by atoms with E-state index in [2.05, 4.69) is 20.9 Å². The monoisotopic (exact) mass is 468 g/mol. The number of benzene rings is 3. The van der Waals surface area contributed by atoms with Crippen LogP contribution in [0.5, 0.6) is 5.75 Å². The molecule has 0 saturated carbocycles. The summed E-state index contributed by atoms with van der Waals surface area (Å²) in [6.45, 7) is -0.125. The maximum Gasteiger partial charge on any atom is 0.214 e. The average Bonchev–Trinajstić information content (AvgIpc) is 3.15. The smallest absolute Gasteiger partial charge is 0.214 e. The van der Waals surface area contributed by atoms with E-state index in [9.17, 15) is 14.5 Å². The van der Waals surface area contributed by atoms with Gasteiger partial charge in [-0.2, -0.15) is 0 Å². The zero-order chi connectivity index (χ0) is 21.1. The van der Waals surface area contributed by atoms with Crippen LogP contribution in [0.2, 0.25) is 0 Å². The fourth-order valence-electron chi connectivity index (χ4n) is 3.61. The second kappa shape index (κ2) is 8.67. The summed E-state index contributed by atoms with van der Waals surface area (Å²) >= 11 is 3.47. The Hall–Kier alpha value is -3.19. The maximum atomic E-state index is 13.5. The van der Waals surface area contributed by atoms with E-state index in [4.69, 9.17) is 4.74 Å². The predicted octanol–water partition coefficient (Wildman–Crippen LogP) is 6.06. The van der Waals surface area contributed by atoms with Gasteiger partial charge in [0.2, 0.25) is 6.54 Å². The first kappa shape index (κ1) is 20.1. The van der Waals surface area contributed by atoms with Crippen LogP contribution >= 0.6 is 15.9 Å². The lowest BCUT2D eigenvalue weighted by Gasteiger charge is -2.18. The number of rotatable bonds is 7. The van der Waals surface area contributed by atoms with Crippen molar-refractivity contribution in [2.45, 2.75) is 12.5 Å². The molecular weight excluding hydrogens is 451 g/mol. The topological polar surface area (TPSA) is 68.2 Å². The molecule has 1 heterocycles. The largest absolute Gasteiger partial charge is 0.489 e. The highest BCUT2D eigenvalue weighted by atomic mass is 79.9. The number of nitrogens with one attached hydrogen (secondary N) is 1. The molecule has 152 valence electrons. The van der Waals surface area contributed by atoms with Crippen LogP contribution < -0.4 is 4.74 Å². The molecule has 1 atom stereocenters. The highest BCUT2D eigenvalue weighted by Crippen LogP contribution is 2.37. The molecule has 0 aliphatic rings. The maximum absolute atomic E-state index is 13.5. The van der Waals surface area contributed by atoms with Crippen LogP contribution in [0.25, 0.3) is 10.9 Å². The third-order valence-corrected chi connectivity index (χ3v) is 5.45. The molecule has 0 unspecified atom stereocenters. The van der Waals surface area contributed by atoms with Crippen LogP contribution in [0, 0.1) is 15.9 Å². The number of halogens is 2. The zero-order valence-corrected chi connectivity index (χ0v) is 17.4. The lowest BCUT2D eigenvalue weighted by molar-refractivity contribution is -0.481. The fraction of sp³-hybridized carbons (Fsp3) is 0.130. The van der Waals surface area contributed by atoms with Gasteiger partial charge >= 0.3 is 0 Å². The minimum absolute atomic E-state index is 0.158. The molecule has 4 rings (SSSR count). The van der Waals surface area contributed by atoms with E-state index < -0.39 is 5.92 Å². The van der Waals surface area contributed by atoms with Crippen molar-refractivity contribution in [2.75, 3.05) is 6.54 Å². The minimum Gasteiger partial charge on any atom is -0.489 e. The number of hydrogen-bond donors (Lipinski definition) is 1. The predicted molar refractivity (Wildman–Crippen MR) is 117 cm³/mol. The molecule has 0 fully saturated rings. The molecule has 7 heteroatoms. The summed E-state index contributed by atoms with van der Waals surface area (Å²) in [5.74, 6) is -0.326. The Morgan fingerprint density at radius 2 is 1.90 bits per heavy atom. The van der Waals surface area contributed by atoms with Crippen molar-refractivity contribution in [3.8, 4) is 5.75 Å². The number of nitrogens with zero attached hydrogens (tertiary/aromatic N) is 1. The quantitative estimate of drug-likeness (QED) is 0.264. The molecule has 0 radical (unpaired) electrons. The number of H-pyrrole nitrogens is 1. The molecule has 1 N–H and O–H groups in total. The Kier molecular flexibility index (Phi) is 5.81. The van der Waals surface area contributed by atoms with Gasteiger partial charge in [-0.25, -0.2) is 4.39 Å². The normalized spacial score (nSPS) is 12.1. The van der Waals surface area contributed by atoms with Gasteiger partial charge in [0.15, 0.2) is 0 Å². The summed E-state index contributed by atoms with van der Waals surface area (Å²) in [4.78, 5) is 14.4. The van der Waals surface area contributed by atoms with E-state index in [1.165, 1.54) is 12.1 Å². The van der Waals surface area contributed by atoms with Crippen LogP contribution in [0.4, 0.5) is 4.39 Å². The van der Waals surface area contributed by atoms with E-state index >= 15 is 0 Å². The molecule has 3 aromatic carbocycles. The van der Waals surface area contributed by atoms with Gasteiger partial charge in [-0.15, -0.1) is 0 Å². The summed E-state index contributed by atoms with van der Waals surface area (Å²) in [6, 6.07) is 19.3. The zero-order valence-electron chi connectivity index (χ0n) is 15.8. The molecule has 0 saturated heterocycles. The van der Waals surface area contributed by atoms with Crippen molar-refractivity contribution in [3.63, 3.8) is 0 Å². The molecule has 0 aliphatic heterocycles. The van der Waals surface area contributed by atoms with Crippen LogP contribution in [0.3, 0.4) is 0 Å². The fourth-order valence-corrected chi connectivity index (χ4v) is 3.99. The van der Waals surface area contributed by atoms with E-state index in [1.807, 2.05) is 42.6 Å². The second-order valence-electron chi connectivity index (χ2n) is 6.96. The van der Waals surface area contributed by atoms with Gasteiger partial charge in [-0.05, 0) is 47.5 Å². The number of aromatic amines is 1. The lowest BCUT2D eigenvalue weighted by atomic mass is 9.90. The Bertz CT molecular complexity index is 1210. The van der Waals surface area contributed by atoms with Crippen molar-refractivity contribution in [1.82, 2.24) is 4.98 Å². The van der Waals surface area contributed by atoms with Crippen LogP contribution in [-0.2, 0) is 6.61 Å². The van der Waals surface area contributed by atoms with Crippen molar-refractivity contribution >= 4 is 26.8 Å². The molecule has 1 aromatic heterocycles. The summed E-state index contributed by atoms with van der Waals surface area (Å²) in [7, 11) is 0. The van der Waals surface area contributed by atoms with E-state index in [1.54, 1.807) is 18.2 Å². The molecule has 0 bridgehead atoms. The Labute approximate surface area is 180 Å². The second-order valence-corrected chi connectivity index (χ2v) is 7.87. The minimum atomic E-state index is -0.517. The van der Waals surface area contributed by atoms with E-state index in [-0.39, 0.29) is 23.9 Å². The molecule has 0 amide bonds. The number of hydrogen-bond acceptors (Lipinski definition) is 3. The van der Waals surface area contributed by atoms with Crippen LogP contribution in [-0.4, -0.2) is 16.5 Å². The van der Waals surface area contributed by atoms with Gasteiger partial charge in [0, 0.05) is 32.1 Å². The summed E-state index contributed by atoms with van der Waals surface area (Å²) in [5.41, 5.74) is 3.12.